The topological polar surface area (TPSA) is 96.0 Å². The Morgan fingerprint density at radius 2 is 1.83 bits per heavy atom. The summed E-state index contributed by atoms with van der Waals surface area (Å²) >= 11 is 0. The Bertz CT molecular complexity index is 1440. The second kappa shape index (κ2) is 9.97. The summed E-state index contributed by atoms with van der Waals surface area (Å²) in [5.74, 6) is -0.276. The van der Waals surface area contributed by atoms with Gasteiger partial charge in [-0.25, -0.2) is 22.8 Å². The van der Waals surface area contributed by atoms with Crippen LogP contribution >= 0.6 is 0 Å². The molecule has 0 spiro atoms. The zero-order valence-corrected chi connectivity index (χ0v) is 19.9. The molecular weight excluding hydrogens is 465 g/mol. The van der Waals surface area contributed by atoms with E-state index in [1.54, 1.807) is 36.5 Å². The van der Waals surface area contributed by atoms with Gasteiger partial charge >= 0.3 is 0 Å². The van der Waals surface area contributed by atoms with Crippen LogP contribution in [0.4, 0.5) is 16.0 Å². The average molecular weight is 492 g/mol. The molecule has 0 bridgehead atoms. The van der Waals surface area contributed by atoms with Crippen LogP contribution < -0.4 is 15.4 Å². The zero-order chi connectivity index (χ0) is 24.3. The number of aromatic nitrogens is 2. The largest absolute Gasteiger partial charge is 0.350 e. The fourth-order valence-corrected chi connectivity index (χ4v) is 5.42. The highest BCUT2D eigenvalue weighted by Crippen LogP contribution is 2.28. The van der Waals surface area contributed by atoms with E-state index in [1.165, 1.54) is 12.1 Å². The van der Waals surface area contributed by atoms with Crippen LogP contribution in [0, 0.1) is 5.82 Å². The Labute approximate surface area is 203 Å². The van der Waals surface area contributed by atoms with Gasteiger partial charge in [0.25, 0.3) is 0 Å². The number of nitrogens with zero attached hydrogens (tertiary/aromatic N) is 2. The lowest BCUT2D eigenvalue weighted by Crippen LogP contribution is -2.38. The molecule has 1 aromatic heterocycles. The van der Waals surface area contributed by atoms with Gasteiger partial charge < -0.3 is 10.6 Å². The minimum absolute atomic E-state index is 0.0817. The van der Waals surface area contributed by atoms with E-state index in [4.69, 9.17) is 0 Å². The predicted molar refractivity (Wildman–Crippen MR) is 137 cm³/mol. The van der Waals surface area contributed by atoms with Crippen molar-refractivity contribution in [3.63, 3.8) is 0 Å². The molecule has 4 aromatic rings. The molecule has 1 atom stereocenters. The van der Waals surface area contributed by atoms with Crippen LogP contribution in [-0.2, 0) is 15.8 Å². The molecule has 3 aromatic carbocycles. The number of fused-ring (bicyclic) bond motifs is 1. The van der Waals surface area contributed by atoms with E-state index < -0.39 is 15.8 Å². The fourth-order valence-electron chi connectivity index (χ4n) is 4.21. The van der Waals surface area contributed by atoms with E-state index in [9.17, 15) is 12.8 Å². The molecule has 9 heteroatoms. The Morgan fingerprint density at radius 1 is 1.03 bits per heavy atom. The van der Waals surface area contributed by atoms with Gasteiger partial charge in [-0.1, -0.05) is 42.5 Å². The Kier molecular flexibility index (Phi) is 6.61. The molecule has 1 saturated heterocycles. The summed E-state index contributed by atoms with van der Waals surface area (Å²) in [5, 5.41) is 7.58. The highest BCUT2D eigenvalue weighted by atomic mass is 32.2. The summed E-state index contributed by atoms with van der Waals surface area (Å²) in [6.45, 7) is 1.94. The molecule has 1 aliphatic rings. The quantitative estimate of drug-likeness (QED) is 0.351. The summed E-state index contributed by atoms with van der Waals surface area (Å²) in [5.41, 5.74) is 2.76. The van der Waals surface area contributed by atoms with Crippen LogP contribution in [0.3, 0.4) is 0 Å². The zero-order valence-electron chi connectivity index (χ0n) is 19.0. The van der Waals surface area contributed by atoms with Crippen molar-refractivity contribution in [2.24, 2.45) is 0 Å². The number of nitrogens with one attached hydrogen (secondary N) is 3. The smallest absolute Gasteiger partial charge is 0.237 e. The van der Waals surface area contributed by atoms with Gasteiger partial charge in [0.1, 0.15) is 5.82 Å². The molecule has 0 aliphatic carbocycles. The van der Waals surface area contributed by atoms with Crippen molar-refractivity contribution in [2.75, 3.05) is 23.1 Å². The Balaban J connectivity index is 1.32. The van der Waals surface area contributed by atoms with Crippen LogP contribution in [0.25, 0.3) is 22.0 Å². The molecule has 35 heavy (non-hydrogen) atoms. The second-order valence-electron chi connectivity index (χ2n) is 8.70. The highest BCUT2D eigenvalue weighted by molar-refractivity contribution is 7.91. The fraction of sp³-hybridized carbons (Fsp3) is 0.231. The predicted octanol–water partition coefficient (Wildman–Crippen LogP) is 4.54. The van der Waals surface area contributed by atoms with Crippen molar-refractivity contribution in [3.8, 4) is 11.1 Å². The maximum absolute atomic E-state index is 14.8. The van der Waals surface area contributed by atoms with Gasteiger partial charge in [0, 0.05) is 24.2 Å². The molecular formula is C26H26FN5O2S. The van der Waals surface area contributed by atoms with Crippen molar-refractivity contribution in [1.29, 1.82) is 0 Å². The lowest BCUT2D eigenvalue weighted by molar-refractivity contribution is 0.478. The molecule has 7 nitrogen and oxygen atoms in total. The minimum Gasteiger partial charge on any atom is -0.350 e. The van der Waals surface area contributed by atoms with E-state index in [1.807, 2.05) is 24.3 Å². The number of benzene rings is 3. The number of sulfonamides is 1. The third kappa shape index (κ3) is 5.75. The summed E-state index contributed by atoms with van der Waals surface area (Å²) in [6.07, 6.45) is 3.96. The molecule has 0 amide bonds. The first-order valence-electron chi connectivity index (χ1n) is 11.5. The van der Waals surface area contributed by atoms with Crippen LogP contribution in [0.15, 0.2) is 72.9 Å². The van der Waals surface area contributed by atoms with Crippen molar-refractivity contribution in [3.05, 3.63) is 84.3 Å². The molecule has 0 saturated carbocycles. The van der Waals surface area contributed by atoms with Gasteiger partial charge in [0.05, 0.1) is 17.0 Å². The SMILES string of the molecule is O=S(=O)(Cc1ccccc1)Nc1ccc(-c2ccc3nc(N[C@H]4CCCNC4)ncc3c2)cc1F. The van der Waals surface area contributed by atoms with Gasteiger partial charge in [0.15, 0.2) is 0 Å². The van der Waals surface area contributed by atoms with E-state index in [0.29, 0.717) is 23.1 Å². The highest BCUT2D eigenvalue weighted by Gasteiger charge is 2.16. The first-order valence-corrected chi connectivity index (χ1v) is 13.2. The normalized spacial score (nSPS) is 16.2. The summed E-state index contributed by atoms with van der Waals surface area (Å²) in [4.78, 5) is 9.05. The standard InChI is InChI=1S/C26H26FN5O2S/c27-23-14-20(9-11-25(23)32-35(33,34)17-18-5-2-1-3-6-18)19-8-10-24-21(13-19)15-29-26(31-24)30-22-7-4-12-28-16-22/h1-3,5-6,8-11,13-15,22,28,32H,4,7,12,16-17H2,(H,29,30,31)/t22-/m0/s1. The van der Waals surface area contributed by atoms with Gasteiger partial charge in [-0.2, -0.15) is 0 Å². The Hall–Kier alpha value is -3.56. The van der Waals surface area contributed by atoms with Crippen molar-refractivity contribution in [1.82, 2.24) is 15.3 Å². The van der Waals surface area contributed by atoms with Crippen LogP contribution in [0.2, 0.25) is 0 Å². The van der Waals surface area contributed by atoms with E-state index in [2.05, 4.69) is 25.3 Å². The summed E-state index contributed by atoms with van der Waals surface area (Å²) in [6, 6.07) is 19.2. The minimum atomic E-state index is -3.75. The van der Waals surface area contributed by atoms with Crippen molar-refractivity contribution in [2.45, 2.75) is 24.6 Å². The van der Waals surface area contributed by atoms with Crippen LogP contribution in [0.5, 0.6) is 0 Å². The number of piperidine rings is 1. The number of hydrogen-bond donors (Lipinski definition) is 3. The third-order valence-electron chi connectivity index (χ3n) is 5.98. The van der Waals surface area contributed by atoms with Crippen molar-refractivity contribution >= 4 is 32.6 Å². The lowest BCUT2D eigenvalue weighted by Gasteiger charge is -2.23. The van der Waals surface area contributed by atoms with Crippen molar-refractivity contribution < 1.29 is 12.8 Å². The van der Waals surface area contributed by atoms with Crippen LogP contribution in [-0.4, -0.2) is 37.5 Å². The molecule has 2 heterocycles. The van der Waals surface area contributed by atoms with Gasteiger partial charge in [-0.05, 0) is 60.3 Å². The average Bonchev–Trinajstić information content (AvgIpc) is 2.86. The first kappa shape index (κ1) is 23.2. The maximum atomic E-state index is 14.8. The number of halogens is 1. The van der Waals surface area contributed by atoms with E-state index >= 15 is 0 Å². The molecule has 0 radical (unpaired) electrons. The van der Waals surface area contributed by atoms with E-state index in [0.717, 1.165) is 42.4 Å². The van der Waals surface area contributed by atoms with Gasteiger partial charge in [-0.3, -0.25) is 4.72 Å². The third-order valence-corrected chi connectivity index (χ3v) is 7.22. The van der Waals surface area contributed by atoms with Gasteiger partial charge in [0.2, 0.25) is 16.0 Å². The molecule has 1 aliphatic heterocycles. The molecule has 0 unspecified atom stereocenters. The summed E-state index contributed by atoms with van der Waals surface area (Å²) in [7, 11) is -3.75. The monoisotopic (exact) mass is 491 g/mol. The molecule has 1 fully saturated rings. The molecule has 5 rings (SSSR count). The van der Waals surface area contributed by atoms with Gasteiger partial charge in [-0.15, -0.1) is 0 Å². The maximum Gasteiger partial charge on any atom is 0.237 e. The van der Waals surface area contributed by atoms with E-state index in [-0.39, 0.29) is 11.4 Å². The lowest BCUT2D eigenvalue weighted by atomic mass is 10.0. The number of rotatable bonds is 7. The van der Waals surface area contributed by atoms with Crippen LogP contribution in [0.1, 0.15) is 18.4 Å². The second-order valence-corrected chi connectivity index (χ2v) is 10.4. The molecule has 180 valence electrons. The summed E-state index contributed by atoms with van der Waals surface area (Å²) < 4.78 is 42.1. The molecule has 3 N–H and O–H groups in total. The Morgan fingerprint density at radius 3 is 2.60 bits per heavy atom. The number of hydrogen-bond acceptors (Lipinski definition) is 6. The first-order chi connectivity index (χ1) is 16.9. The number of anilines is 2.